The van der Waals surface area contributed by atoms with Crippen LogP contribution in [0.5, 0.6) is 0 Å². The van der Waals surface area contributed by atoms with Gasteiger partial charge in [0.05, 0.1) is 12.1 Å². The molecule has 4 heteroatoms. The SMILES string of the molecule is CCC(C)N(CCOC)c1nc2ccccc2cc1CBr. The first-order valence-electron chi connectivity index (χ1n) is 7.41. The number of hydrogen-bond acceptors (Lipinski definition) is 3. The fourth-order valence-electron chi connectivity index (χ4n) is 2.44. The van der Waals surface area contributed by atoms with Gasteiger partial charge >= 0.3 is 0 Å². The molecule has 0 spiro atoms. The zero-order valence-electron chi connectivity index (χ0n) is 13.0. The van der Waals surface area contributed by atoms with Crippen LogP contribution in [-0.2, 0) is 10.1 Å². The van der Waals surface area contributed by atoms with Gasteiger partial charge in [-0.2, -0.15) is 0 Å². The van der Waals surface area contributed by atoms with Crippen LogP contribution in [0.25, 0.3) is 10.9 Å². The second kappa shape index (κ2) is 7.76. The van der Waals surface area contributed by atoms with Crippen molar-refractivity contribution in [3.63, 3.8) is 0 Å². The van der Waals surface area contributed by atoms with Crippen LogP contribution in [0.3, 0.4) is 0 Å². The maximum Gasteiger partial charge on any atom is 0.133 e. The number of halogens is 1. The Bertz CT molecular complexity index is 588. The maximum absolute atomic E-state index is 5.27. The van der Waals surface area contributed by atoms with Gasteiger partial charge < -0.3 is 9.64 Å². The Labute approximate surface area is 135 Å². The van der Waals surface area contributed by atoms with E-state index in [-0.39, 0.29) is 0 Å². The predicted molar refractivity (Wildman–Crippen MR) is 93.3 cm³/mol. The van der Waals surface area contributed by atoms with Crippen LogP contribution in [0.2, 0.25) is 0 Å². The van der Waals surface area contributed by atoms with E-state index in [4.69, 9.17) is 9.72 Å². The summed E-state index contributed by atoms with van der Waals surface area (Å²) in [6.07, 6.45) is 1.08. The lowest BCUT2D eigenvalue weighted by molar-refractivity contribution is 0.203. The van der Waals surface area contributed by atoms with Gasteiger partial charge in [0.15, 0.2) is 0 Å². The molecule has 0 N–H and O–H groups in total. The molecule has 21 heavy (non-hydrogen) atoms. The summed E-state index contributed by atoms with van der Waals surface area (Å²) in [5, 5.41) is 1.99. The summed E-state index contributed by atoms with van der Waals surface area (Å²) >= 11 is 3.60. The molecule has 0 amide bonds. The Hall–Kier alpha value is -1.13. The van der Waals surface area contributed by atoms with Crippen LogP contribution in [0, 0.1) is 0 Å². The van der Waals surface area contributed by atoms with Crippen LogP contribution in [0.1, 0.15) is 25.8 Å². The van der Waals surface area contributed by atoms with E-state index in [1.165, 1.54) is 10.9 Å². The van der Waals surface area contributed by atoms with Gasteiger partial charge in [-0.1, -0.05) is 41.1 Å². The summed E-state index contributed by atoms with van der Waals surface area (Å²) in [7, 11) is 1.74. The number of methoxy groups -OCH3 is 1. The van der Waals surface area contributed by atoms with E-state index in [0.29, 0.717) is 12.6 Å². The Kier molecular flexibility index (Phi) is 6.00. The summed E-state index contributed by atoms with van der Waals surface area (Å²) in [6.45, 7) is 6.02. The normalized spacial score (nSPS) is 12.6. The molecule has 3 nitrogen and oxygen atoms in total. The quantitative estimate of drug-likeness (QED) is 0.692. The van der Waals surface area contributed by atoms with Crippen molar-refractivity contribution >= 4 is 32.7 Å². The minimum atomic E-state index is 0.437. The number of pyridine rings is 1. The van der Waals surface area contributed by atoms with Crippen molar-refractivity contribution in [1.82, 2.24) is 4.98 Å². The fraction of sp³-hybridized carbons (Fsp3) is 0.471. The van der Waals surface area contributed by atoms with Crippen molar-refractivity contribution in [2.24, 2.45) is 0 Å². The molecule has 1 heterocycles. The van der Waals surface area contributed by atoms with Gasteiger partial charge in [0.1, 0.15) is 5.82 Å². The summed E-state index contributed by atoms with van der Waals surface area (Å²) < 4.78 is 5.27. The predicted octanol–water partition coefficient (Wildman–Crippen LogP) is 4.38. The minimum Gasteiger partial charge on any atom is -0.383 e. The average molecular weight is 351 g/mol. The van der Waals surface area contributed by atoms with E-state index in [1.807, 2.05) is 6.07 Å². The Morgan fingerprint density at radius 2 is 2.10 bits per heavy atom. The number of nitrogens with zero attached hydrogens (tertiary/aromatic N) is 2. The highest BCUT2D eigenvalue weighted by molar-refractivity contribution is 9.08. The fourth-order valence-corrected chi connectivity index (χ4v) is 2.85. The number of aromatic nitrogens is 1. The van der Waals surface area contributed by atoms with Gasteiger partial charge in [-0.25, -0.2) is 4.98 Å². The molecule has 0 saturated heterocycles. The molecule has 0 aliphatic heterocycles. The first kappa shape index (κ1) is 16.2. The minimum absolute atomic E-state index is 0.437. The lowest BCUT2D eigenvalue weighted by atomic mass is 10.1. The second-order valence-corrected chi connectivity index (χ2v) is 5.80. The van der Waals surface area contributed by atoms with E-state index in [1.54, 1.807) is 7.11 Å². The highest BCUT2D eigenvalue weighted by Crippen LogP contribution is 2.27. The molecule has 1 aromatic heterocycles. The lowest BCUT2D eigenvalue weighted by Gasteiger charge is -2.31. The molecule has 0 aliphatic carbocycles. The van der Waals surface area contributed by atoms with Crippen molar-refractivity contribution in [3.05, 3.63) is 35.9 Å². The Morgan fingerprint density at radius 3 is 2.76 bits per heavy atom. The molecule has 0 radical (unpaired) electrons. The Morgan fingerprint density at radius 1 is 1.33 bits per heavy atom. The van der Waals surface area contributed by atoms with E-state index in [2.05, 4.69) is 58.9 Å². The van der Waals surface area contributed by atoms with Crippen molar-refractivity contribution < 1.29 is 4.74 Å². The standard InChI is InChI=1S/C17H23BrN2O/c1-4-13(2)20(9-10-21-3)17-15(12-18)11-14-7-5-6-8-16(14)19-17/h5-8,11,13H,4,9-10,12H2,1-3H3. The topological polar surface area (TPSA) is 25.4 Å². The van der Waals surface area contributed by atoms with E-state index in [0.717, 1.165) is 29.6 Å². The summed E-state index contributed by atoms with van der Waals surface area (Å²) in [5.41, 5.74) is 2.27. The van der Waals surface area contributed by atoms with Gasteiger partial charge in [0, 0.05) is 36.0 Å². The van der Waals surface area contributed by atoms with Gasteiger partial charge in [-0.05, 0) is 25.5 Å². The summed E-state index contributed by atoms with van der Waals surface area (Å²) in [4.78, 5) is 7.26. The van der Waals surface area contributed by atoms with Gasteiger partial charge in [0.2, 0.25) is 0 Å². The lowest BCUT2D eigenvalue weighted by Crippen LogP contribution is -2.36. The number of hydrogen-bond donors (Lipinski definition) is 0. The number of para-hydroxylation sites is 1. The molecule has 2 rings (SSSR count). The summed E-state index contributed by atoms with van der Waals surface area (Å²) in [6, 6.07) is 10.9. The number of alkyl halides is 1. The largest absolute Gasteiger partial charge is 0.383 e. The molecule has 1 unspecified atom stereocenters. The van der Waals surface area contributed by atoms with Crippen molar-refractivity contribution in [3.8, 4) is 0 Å². The zero-order chi connectivity index (χ0) is 15.2. The van der Waals surface area contributed by atoms with Crippen molar-refractivity contribution in [1.29, 1.82) is 0 Å². The third-order valence-electron chi connectivity index (χ3n) is 3.86. The van der Waals surface area contributed by atoms with Gasteiger partial charge in [0.25, 0.3) is 0 Å². The zero-order valence-corrected chi connectivity index (χ0v) is 14.6. The molecule has 2 aromatic rings. The monoisotopic (exact) mass is 350 g/mol. The molecule has 1 aromatic carbocycles. The molecule has 0 fully saturated rings. The molecular weight excluding hydrogens is 328 g/mol. The molecule has 114 valence electrons. The van der Waals surface area contributed by atoms with Crippen LogP contribution >= 0.6 is 15.9 Å². The van der Waals surface area contributed by atoms with Crippen LogP contribution < -0.4 is 4.90 Å². The first-order chi connectivity index (χ1) is 10.2. The van der Waals surface area contributed by atoms with Crippen LogP contribution in [0.4, 0.5) is 5.82 Å². The van der Waals surface area contributed by atoms with Crippen molar-refractivity contribution in [2.75, 3.05) is 25.2 Å². The van der Waals surface area contributed by atoms with Gasteiger partial charge in [-0.3, -0.25) is 0 Å². The molecule has 0 saturated carbocycles. The van der Waals surface area contributed by atoms with E-state index < -0.39 is 0 Å². The first-order valence-corrected chi connectivity index (χ1v) is 8.53. The second-order valence-electron chi connectivity index (χ2n) is 5.24. The van der Waals surface area contributed by atoms with E-state index in [9.17, 15) is 0 Å². The average Bonchev–Trinajstić information content (AvgIpc) is 2.54. The van der Waals surface area contributed by atoms with Crippen LogP contribution in [-0.4, -0.2) is 31.3 Å². The number of fused-ring (bicyclic) bond motifs is 1. The van der Waals surface area contributed by atoms with E-state index >= 15 is 0 Å². The number of rotatable bonds is 7. The number of anilines is 1. The number of ether oxygens (including phenoxy) is 1. The molecule has 0 bridgehead atoms. The highest BCUT2D eigenvalue weighted by atomic mass is 79.9. The van der Waals surface area contributed by atoms with Crippen LogP contribution in [0.15, 0.2) is 30.3 Å². The van der Waals surface area contributed by atoms with Gasteiger partial charge in [-0.15, -0.1) is 0 Å². The summed E-state index contributed by atoms with van der Waals surface area (Å²) in [5.74, 6) is 1.07. The molecular formula is C17H23BrN2O. The third-order valence-corrected chi connectivity index (χ3v) is 4.46. The Balaban J connectivity index is 2.48. The smallest absolute Gasteiger partial charge is 0.133 e. The molecule has 0 aliphatic rings. The maximum atomic E-state index is 5.27. The third kappa shape index (κ3) is 3.74. The molecule has 1 atom stereocenters. The highest BCUT2D eigenvalue weighted by Gasteiger charge is 2.18. The van der Waals surface area contributed by atoms with Crippen molar-refractivity contribution in [2.45, 2.75) is 31.6 Å². The number of benzene rings is 1.